The molecule has 1 unspecified atom stereocenters. The van der Waals surface area contributed by atoms with Gasteiger partial charge >= 0.3 is 0 Å². The fourth-order valence-corrected chi connectivity index (χ4v) is 6.62. The standard InChI is InChI=1S/C26H23Cl2N3O2S/c1-30-17-6-7-18(30)11-20(10-17)33-23-9-8-19(12-21(23)28)31-14-29-22-13-24(34-25(22)26(31)32)15-2-4-16(27)5-3-15/h2-5,8-9,12-14,17-18,20H,6-7,10-11H2,1H3/t17-,18+,20?. The molecule has 0 radical (unpaired) electrons. The molecule has 0 amide bonds. The molecule has 34 heavy (non-hydrogen) atoms. The first-order valence-corrected chi connectivity index (χ1v) is 13.0. The highest BCUT2D eigenvalue weighted by Gasteiger charge is 2.39. The van der Waals surface area contributed by atoms with E-state index in [0.29, 0.717) is 43.8 Å². The molecule has 0 N–H and O–H groups in total. The van der Waals surface area contributed by atoms with Crippen LogP contribution < -0.4 is 10.3 Å². The number of piperidine rings is 1. The van der Waals surface area contributed by atoms with E-state index in [0.717, 1.165) is 23.3 Å². The average Bonchev–Trinajstić information content (AvgIpc) is 3.33. The van der Waals surface area contributed by atoms with Crippen LogP contribution in [0.1, 0.15) is 25.7 Å². The molecule has 5 nitrogen and oxygen atoms in total. The minimum absolute atomic E-state index is 0.119. The number of hydrogen-bond acceptors (Lipinski definition) is 5. The predicted molar refractivity (Wildman–Crippen MR) is 139 cm³/mol. The first-order chi connectivity index (χ1) is 16.5. The van der Waals surface area contributed by atoms with Gasteiger partial charge in [-0.3, -0.25) is 9.36 Å². The molecule has 2 aromatic carbocycles. The monoisotopic (exact) mass is 511 g/mol. The third-order valence-corrected chi connectivity index (χ3v) is 8.82. The lowest BCUT2D eigenvalue weighted by Crippen LogP contribution is -2.43. The van der Waals surface area contributed by atoms with Gasteiger partial charge in [0.05, 0.1) is 16.2 Å². The van der Waals surface area contributed by atoms with Crippen molar-refractivity contribution in [3.63, 3.8) is 0 Å². The van der Waals surface area contributed by atoms with Gasteiger partial charge in [-0.15, -0.1) is 11.3 Å². The molecule has 2 aliphatic rings. The zero-order valence-corrected chi connectivity index (χ0v) is 20.9. The summed E-state index contributed by atoms with van der Waals surface area (Å²) >= 11 is 14.0. The summed E-state index contributed by atoms with van der Waals surface area (Å²) in [6.45, 7) is 0. The molecule has 0 saturated carbocycles. The molecule has 174 valence electrons. The molecule has 6 rings (SSSR count). The fourth-order valence-electron chi connectivity index (χ4n) is 5.23. The van der Waals surface area contributed by atoms with Crippen molar-refractivity contribution in [1.82, 2.24) is 14.5 Å². The van der Waals surface area contributed by atoms with E-state index >= 15 is 0 Å². The molecule has 2 saturated heterocycles. The van der Waals surface area contributed by atoms with E-state index in [1.54, 1.807) is 12.4 Å². The van der Waals surface area contributed by atoms with E-state index in [9.17, 15) is 4.79 Å². The van der Waals surface area contributed by atoms with Gasteiger partial charge in [0, 0.05) is 22.0 Å². The summed E-state index contributed by atoms with van der Waals surface area (Å²) in [5.41, 5.74) is 2.23. The second-order valence-corrected chi connectivity index (χ2v) is 11.0. The van der Waals surface area contributed by atoms with Crippen LogP contribution in [-0.4, -0.2) is 39.7 Å². The van der Waals surface area contributed by atoms with Crippen molar-refractivity contribution in [2.24, 2.45) is 0 Å². The number of benzene rings is 2. The van der Waals surface area contributed by atoms with Crippen LogP contribution in [0.5, 0.6) is 5.75 Å². The van der Waals surface area contributed by atoms with Crippen LogP contribution in [0.15, 0.2) is 59.7 Å². The van der Waals surface area contributed by atoms with Crippen LogP contribution in [0.2, 0.25) is 10.0 Å². The number of fused-ring (bicyclic) bond motifs is 3. The molecular formula is C26H23Cl2N3O2S. The maximum absolute atomic E-state index is 13.3. The predicted octanol–water partition coefficient (Wildman–Crippen LogP) is 6.43. The zero-order chi connectivity index (χ0) is 23.4. The Bertz CT molecular complexity index is 1420. The first-order valence-electron chi connectivity index (χ1n) is 11.4. The lowest BCUT2D eigenvalue weighted by Gasteiger charge is -2.36. The summed E-state index contributed by atoms with van der Waals surface area (Å²) in [5.74, 6) is 0.669. The summed E-state index contributed by atoms with van der Waals surface area (Å²) in [6.07, 6.45) is 6.28. The van der Waals surface area contributed by atoms with Crippen molar-refractivity contribution in [1.29, 1.82) is 0 Å². The van der Waals surface area contributed by atoms with Gasteiger partial charge in [-0.05, 0) is 74.7 Å². The topological polar surface area (TPSA) is 47.4 Å². The number of thiophene rings is 1. The van der Waals surface area contributed by atoms with E-state index in [2.05, 4.69) is 16.9 Å². The lowest BCUT2D eigenvalue weighted by atomic mass is 10.0. The SMILES string of the molecule is CN1[C@@H]2CC[C@H]1CC(Oc1ccc(-n3cnc4cc(-c5ccc(Cl)cc5)sc4c3=O)cc1Cl)C2. The number of halogens is 2. The highest BCUT2D eigenvalue weighted by Crippen LogP contribution is 2.38. The Morgan fingerprint density at radius 2 is 1.76 bits per heavy atom. The van der Waals surface area contributed by atoms with E-state index in [1.165, 1.54) is 28.7 Å². The highest BCUT2D eigenvalue weighted by molar-refractivity contribution is 7.22. The second-order valence-electron chi connectivity index (χ2n) is 9.13. The van der Waals surface area contributed by atoms with Crippen LogP contribution in [0.25, 0.3) is 26.3 Å². The van der Waals surface area contributed by atoms with E-state index < -0.39 is 0 Å². The summed E-state index contributed by atoms with van der Waals surface area (Å²) in [5, 5.41) is 1.18. The maximum Gasteiger partial charge on any atom is 0.275 e. The molecule has 2 fully saturated rings. The van der Waals surface area contributed by atoms with Gasteiger partial charge < -0.3 is 9.64 Å². The number of hydrogen-bond donors (Lipinski definition) is 0. The number of rotatable bonds is 4. The Balaban J connectivity index is 1.27. The third kappa shape index (κ3) is 3.93. The molecule has 2 aromatic heterocycles. The molecule has 0 spiro atoms. The Morgan fingerprint density at radius 3 is 2.47 bits per heavy atom. The van der Waals surface area contributed by atoms with Crippen molar-refractivity contribution in [3.05, 3.63) is 75.3 Å². The minimum atomic E-state index is -0.119. The van der Waals surface area contributed by atoms with Crippen molar-refractivity contribution in [3.8, 4) is 21.9 Å². The van der Waals surface area contributed by atoms with Crippen molar-refractivity contribution >= 4 is 44.8 Å². The van der Waals surface area contributed by atoms with Gasteiger partial charge in [0.2, 0.25) is 0 Å². The van der Waals surface area contributed by atoms with Crippen molar-refractivity contribution in [2.75, 3.05) is 7.05 Å². The summed E-state index contributed by atoms with van der Waals surface area (Å²) in [7, 11) is 2.22. The van der Waals surface area contributed by atoms with E-state index in [4.69, 9.17) is 27.9 Å². The summed E-state index contributed by atoms with van der Waals surface area (Å²) in [4.78, 5) is 21.3. The number of ether oxygens (including phenoxy) is 1. The maximum atomic E-state index is 13.3. The van der Waals surface area contributed by atoms with Gasteiger partial charge in [0.25, 0.3) is 5.56 Å². The smallest absolute Gasteiger partial charge is 0.275 e. The third-order valence-electron chi connectivity index (χ3n) is 7.11. The molecule has 2 bridgehead atoms. The molecule has 2 aliphatic heterocycles. The van der Waals surface area contributed by atoms with Crippen LogP contribution in [-0.2, 0) is 0 Å². The summed E-state index contributed by atoms with van der Waals surface area (Å²) < 4.78 is 8.44. The molecular weight excluding hydrogens is 489 g/mol. The Labute approximate surface area is 211 Å². The van der Waals surface area contributed by atoms with Crippen LogP contribution in [0.4, 0.5) is 0 Å². The molecule has 4 aromatic rings. The molecule has 0 aliphatic carbocycles. The number of nitrogens with zero attached hydrogens (tertiary/aromatic N) is 3. The minimum Gasteiger partial charge on any atom is -0.489 e. The van der Waals surface area contributed by atoms with Gasteiger partial charge in [-0.1, -0.05) is 35.3 Å². The molecule has 3 atom stereocenters. The molecule has 4 heterocycles. The van der Waals surface area contributed by atoms with Crippen LogP contribution in [0.3, 0.4) is 0 Å². The van der Waals surface area contributed by atoms with E-state index in [1.807, 2.05) is 42.5 Å². The average molecular weight is 512 g/mol. The fraction of sp³-hybridized carbons (Fsp3) is 0.308. The Kier molecular flexibility index (Phi) is 5.65. The van der Waals surface area contributed by atoms with Crippen molar-refractivity contribution < 1.29 is 4.74 Å². The first kappa shape index (κ1) is 22.1. The number of aromatic nitrogens is 2. The van der Waals surface area contributed by atoms with E-state index in [-0.39, 0.29) is 11.7 Å². The highest BCUT2D eigenvalue weighted by atomic mass is 35.5. The van der Waals surface area contributed by atoms with Gasteiger partial charge in [-0.2, -0.15) is 0 Å². The summed E-state index contributed by atoms with van der Waals surface area (Å²) in [6, 6.07) is 16.2. The quantitative estimate of drug-likeness (QED) is 0.317. The molecule has 8 heteroatoms. The van der Waals surface area contributed by atoms with Gasteiger partial charge in [0.1, 0.15) is 22.9 Å². The Hall–Kier alpha value is -2.38. The van der Waals surface area contributed by atoms with Crippen molar-refractivity contribution in [2.45, 2.75) is 43.9 Å². The van der Waals surface area contributed by atoms with Crippen LogP contribution >= 0.6 is 34.5 Å². The van der Waals surface area contributed by atoms with Gasteiger partial charge in [0.15, 0.2) is 0 Å². The van der Waals surface area contributed by atoms with Gasteiger partial charge in [-0.25, -0.2) is 4.98 Å². The normalized spacial score (nSPS) is 22.4. The second kappa shape index (κ2) is 8.68. The van der Waals surface area contributed by atoms with Crippen LogP contribution in [0, 0.1) is 0 Å². The Morgan fingerprint density at radius 1 is 1.03 bits per heavy atom. The largest absolute Gasteiger partial charge is 0.489 e. The lowest BCUT2D eigenvalue weighted by molar-refractivity contribution is 0.0662. The zero-order valence-electron chi connectivity index (χ0n) is 18.6.